The maximum atomic E-state index is 12.1. The molecule has 0 aliphatic heterocycles. The zero-order chi connectivity index (χ0) is 12.3. The van der Waals surface area contributed by atoms with Gasteiger partial charge in [0, 0.05) is 5.92 Å². The van der Waals surface area contributed by atoms with Crippen LogP contribution in [0.25, 0.3) is 0 Å². The summed E-state index contributed by atoms with van der Waals surface area (Å²) in [6.45, 7) is 5.82. The zero-order valence-corrected chi connectivity index (χ0v) is 10.7. The summed E-state index contributed by atoms with van der Waals surface area (Å²) in [5.41, 5.74) is -0.817. The predicted octanol–water partition coefficient (Wildman–Crippen LogP) is 2.58. The Morgan fingerprint density at radius 3 is 2.31 bits per heavy atom. The summed E-state index contributed by atoms with van der Waals surface area (Å²) in [4.78, 5) is 23.9. The number of Topliss-reactive ketones (excluding diaryl/α,β-unsaturated/α-hetero) is 1. The molecule has 3 heteroatoms. The Morgan fingerprint density at radius 2 is 1.94 bits per heavy atom. The fraction of sp³-hybridized carbons (Fsp3) is 0.846. The van der Waals surface area contributed by atoms with Crippen LogP contribution in [0.5, 0.6) is 0 Å². The van der Waals surface area contributed by atoms with Crippen molar-refractivity contribution >= 4 is 11.8 Å². The minimum atomic E-state index is -0.817. The number of hydrogen-bond donors (Lipinski definition) is 0. The van der Waals surface area contributed by atoms with E-state index < -0.39 is 5.41 Å². The molecule has 0 aromatic heterocycles. The topological polar surface area (TPSA) is 43.4 Å². The summed E-state index contributed by atoms with van der Waals surface area (Å²) in [6, 6.07) is 0. The normalized spacial score (nSPS) is 28.7. The van der Waals surface area contributed by atoms with Gasteiger partial charge in [-0.1, -0.05) is 33.6 Å². The fourth-order valence-electron chi connectivity index (χ4n) is 2.75. The Hall–Kier alpha value is -0.860. The van der Waals surface area contributed by atoms with E-state index in [-0.39, 0.29) is 17.7 Å². The van der Waals surface area contributed by atoms with Gasteiger partial charge in [0.15, 0.2) is 5.78 Å². The van der Waals surface area contributed by atoms with Crippen molar-refractivity contribution in [3.8, 4) is 0 Å². The van der Waals surface area contributed by atoms with Crippen molar-refractivity contribution in [2.75, 3.05) is 7.11 Å². The smallest absolute Gasteiger partial charge is 0.319 e. The molecule has 1 fully saturated rings. The molecule has 0 radical (unpaired) electrons. The van der Waals surface area contributed by atoms with Gasteiger partial charge in [-0.3, -0.25) is 9.59 Å². The average molecular weight is 226 g/mol. The second-order valence-corrected chi connectivity index (χ2v) is 5.16. The number of esters is 1. The van der Waals surface area contributed by atoms with Gasteiger partial charge in [-0.25, -0.2) is 0 Å². The van der Waals surface area contributed by atoms with Gasteiger partial charge in [0.25, 0.3) is 0 Å². The lowest BCUT2D eigenvalue weighted by Crippen LogP contribution is -2.52. The van der Waals surface area contributed by atoms with Crippen LogP contribution in [-0.4, -0.2) is 18.9 Å². The van der Waals surface area contributed by atoms with E-state index in [9.17, 15) is 9.59 Å². The van der Waals surface area contributed by atoms with Crippen LogP contribution in [0.4, 0.5) is 0 Å². The number of hydrogen-bond acceptors (Lipinski definition) is 3. The molecular weight excluding hydrogens is 204 g/mol. The maximum absolute atomic E-state index is 12.1. The Labute approximate surface area is 97.5 Å². The minimum absolute atomic E-state index is 0.0479. The molecule has 0 N–H and O–H groups in total. The number of ether oxygens (including phenoxy) is 1. The highest BCUT2D eigenvalue weighted by atomic mass is 16.5. The Bertz CT molecular complexity index is 275. The van der Waals surface area contributed by atoms with Crippen molar-refractivity contribution in [2.45, 2.75) is 46.5 Å². The van der Waals surface area contributed by atoms with E-state index in [1.54, 1.807) is 0 Å². The summed E-state index contributed by atoms with van der Waals surface area (Å²) in [7, 11) is 1.37. The molecule has 0 unspecified atom stereocenters. The molecule has 1 aliphatic carbocycles. The van der Waals surface area contributed by atoms with Crippen LogP contribution in [0.3, 0.4) is 0 Å². The van der Waals surface area contributed by atoms with Crippen LogP contribution < -0.4 is 0 Å². The van der Waals surface area contributed by atoms with E-state index >= 15 is 0 Å². The van der Waals surface area contributed by atoms with Crippen molar-refractivity contribution < 1.29 is 14.3 Å². The lowest BCUT2D eigenvalue weighted by molar-refractivity contribution is -0.169. The van der Waals surface area contributed by atoms with Crippen LogP contribution in [-0.2, 0) is 14.3 Å². The standard InChI is InChI=1S/C13H22O3/c1-5-6-10-7-13(8-10,12(15)16-4)11(14)9(2)3/h9-10H,5-8H2,1-4H3. The van der Waals surface area contributed by atoms with Crippen LogP contribution >= 0.6 is 0 Å². The number of carbonyl (C=O) groups is 2. The van der Waals surface area contributed by atoms with Crippen LogP contribution in [0.15, 0.2) is 0 Å². The van der Waals surface area contributed by atoms with Gasteiger partial charge in [-0.2, -0.15) is 0 Å². The average Bonchev–Trinajstić information content (AvgIpc) is 2.20. The number of rotatable bonds is 5. The molecule has 1 aliphatic rings. The molecule has 1 saturated carbocycles. The van der Waals surface area contributed by atoms with Gasteiger partial charge in [0.05, 0.1) is 7.11 Å². The SMILES string of the molecule is CCCC1CC(C(=O)OC)(C(=O)C(C)C)C1. The largest absolute Gasteiger partial charge is 0.468 e. The van der Waals surface area contributed by atoms with Crippen molar-refractivity contribution in [3.63, 3.8) is 0 Å². The first kappa shape index (κ1) is 13.2. The van der Waals surface area contributed by atoms with Gasteiger partial charge < -0.3 is 4.74 Å². The van der Waals surface area contributed by atoms with Crippen molar-refractivity contribution in [1.29, 1.82) is 0 Å². The molecule has 3 nitrogen and oxygen atoms in total. The lowest BCUT2D eigenvalue weighted by atomic mass is 9.57. The Balaban J connectivity index is 2.75. The number of ketones is 1. The molecule has 0 aromatic carbocycles. The van der Waals surface area contributed by atoms with E-state index in [2.05, 4.69) is 6.92 Å². The van der Waals surface area contributed by atoms with E-state index in [1.165, 1.54) is 7.11 Å². The van der Waals surface area contributed by atoms with Crippen molar-refractivity contribution in [1.82, 2.24) is 0 Å². The highest BCUT2D eigenvalue weighted by Crippen LogP contribution is 2.50. The molecule has 0 aromatic rings. The van der Waals surface area contributed by atoms with Gasteiger partial charge in [0.2, 0.25) is 0 Å². The first-order chi connectivity index (χ1) is 7.47. The van der Waals surface area contributed by atoms with E-state index in [1.807, 2.05) is 13.8 Å². The fourth-order valence-corrected chi connectivity index (χ4v) is 2.75. The minimum Gasteiger partial charge on any atom is -0.468 e. The summed E-state index contributed by atoms with van der Waals surface area (Å²) >= 11 is 0. The number of methoxy groups -OCH3 is 1. The highest BCUT2D eigenvalue weighted by molar-refractivity contribution is 6.05. The zero-order valence-electron chi connectivity index (χ0n) is 10.7. The van der Waals surface area contributed by atoms with E-state index in [4.69, 9.17) is 4.74 Å². The third kappa shape index (κ3) is 2.13. The summed E-state index contributed by atoms with van der Waals surface area (Å²) in [5, 5.41) is 0. The van der Waals surface area contributed by atoms with E-state index in [0.29, 0.717) is 18.8 Å². The summed E-state index contributed by atoms with van der Waals surface area (Å²) in [5.74, 6) is 0.138. The summed E-state index contributed by atoms with van der Waals surface area (Å²) in [6.07, 6.45) is 3.58. The molecule has 0 bridgehead atoms. The summed E-state index contributed by atoms with van der Waals surface area (Å²) < 4.78 is 4.80. The maximum Gasteiger partial charge on any atom is 0.319 e. The molecule has 0 amide bonds. The molecule has 1 rings (SSSR count). The monoisotopic (exact) mass is 226 g/mol. The Morgan fingerprint density at radius 1 is 1.38 bits per heavy atom. The Kier molecular flexibility index (Phi) is 4.11. The van der Waals surface area contributed by atoms with Crippen LogP contribution in [0.1, 0.15) is 46.5 Å². The van der Waals surface area contributed by atoms with Crippen LogP contribution in [0.2, 0.25) is 0 Å². The van der Waals surface area contributed by atoms with Crippen molar-refractivity contribution in [2.24, 2.45) is 17.3 Å². The molecule has 0 saturated heterocycles. The second-order valence-electron chi connectivity index (χ2n) is 5.16. The molecule has 0 atom stereocenters. The predicted molar refractivity (Wildman–Crippen MR) is 61.9 cm³/mol. The van der Waals surface area contributed by atoms with Gasteiger partial charge in [0.1, 0.15) is 5.41 Å². The third-order valence-corrected chi connectivity index (χ3v) is 3.54. The molecule has 92 valence electrons. The van der Waals surface area contributed by atoms with Crippen molar-refractivity contribution in [3.05, 3.63) is 0 Å². The quantitative estimate of drug-likeness (QED) is 0.534. The number of carbonyl (C=O) groups excluding carboxylic acids is 2. The molecule has 16 heavy (non-hydrogen) atoms. The van der Waals surface area contributed by atoms with Gasteiger partial charge in [-0.05, 0) is 18.8 Å². The highest BCUT2D eigenvalue weighted by Gasteiger charge is 2.56. The molecule has 0 spiro atoms. The van der Waals surface area contributed by atoms with E-state index in [0.717, 1.165) is 12.8 Å². The van der Waals surface area contributed by atoms with Crippen LogP contribution in [0, 0.1) is 17.3 Å². The molecular formula is C13H22O3. The second kappa shape index (κ2) is 4.98. The first-order valence-electron chi connectivity index (χ1n) is 6.10. The third-order valence-electron chi connectivity index (χ3n) is 3.54. The van der Waals surface area contributed by atoms with Gasteiger partial charge in [-0.15, -0.1) is 0 Å². The lowest BCUT2D eigenvalue weighted by Gasteiger charge is -2.44. The molecule has 0 heterocycles. The van der Waals surface area contributed by atoms with Gasteiger partial charge >= 0.3 is 5.97 Å². The first-order valence-corrected chi connectivity index (χ1v) is 6.10.